The second kappa shape index (κ2) is 3.17. The van der Waals surface area contributed by atoms with Crippen LogP contribution in [0.5, 0.6) is 0 Å². The van der Waals surface area contributed by atoms with Gasteiger partial charge >= 0.3 is 0 Å². The van der Waals surface area contributed by atoms with Crippen molar-refractivity contribution in [3.8, 4) is 0 Å². The van der Waals surface area contributed by atoms with Crippen LogP contribution in [0.1, 0.15) is 29.9 Å². The van der Waals surface area contributed by atoms with Crippen molar-refractivity contribution >= 4 is 15.9 Å². The first-order chi connectivity index (χ1) is 5.83. The van der Waals surface area contributed by atoms with Crippen LogP contribution in [0.15, 0.2) is 18.2 Å². The lowest BCUT2D eigenvalue weighted by Crippen LogP contribution is -1.92. The van der Waals surface area contributed by atoms with Crippen LogP contribution in [0.3, 0.4) is 0 Å². The highest BCUT2D eigenvalue weighted by Gasteiger charge is 2.26. The molecule has 0 nitrogen and oxygen atoms in total. The zero-order valence-corrected chi connectivity index (χ0v) is 8.27. The van der Waals surface area contributed by atoms with Crippen molar-refractivity contribution in [1.82, 2.24) is 0 Å². The summed E-state index contributed by atoms with van der Waals surface area (Å²) in [5.74, 6) is 0.560. The van der Waals surface area contributed by atoms with Gasteiger partial charge in [0.1, 0.15) is 5.82 Å². The summed E-state index contributed by atoms with van der Waals surface area (Å²) in [4.78, 5) is 0. The minimum absolute atomic E-state index is 0.0729. The van der Waals surface area contributed by atoms with E-state index >= 15 is 0 Å². The Balaban J connectivity index is 2.43. The van der Waals surface area contributed by atoms with Crippen LogP contribution in [0.2, 0.25) is 0 Å². The quantitative estimate of drug-likeness (QED) is 0.679. The molecular weight excluding hydrogens is 219 g/mol. The summed E-state index contributed by atoms with van der Waals surface area (Å²) < 4.78 is 13.2. The Morgan fingerprint density at radius 1 is 1.42 bits per heavy atom. The average Bonchev–Trinajstić information content (AvgIpc) is 2.86. The van der Waals surface area contributed by atoms with Crippen LogP contribution in [0.4, 0.5) is 4.39 Å². The lowest BCUT2D eigenvalue weighted by atomic mass is 10.0. The molecule has 0 heterocycles. The van der Waals surface area contributed by atoms with Gasteiger partial charge in [0.15, 0.2) is 0 Å². The predicted octanol–water partition coefficient (Wildman–Crippen LogP) is 3.60. The molecule has 0 aromatic heterocycles. The third-order valence-corrected chi connectivity index (χ3v) is 2.87. The van der Waals surface area contributed by atoms with Crippen molar-refractivity contribution in [2.24, 2.45) is 0 Å². The Kier molecular flexibility index (Phi) is 2.18. The topological polar surface area (TPSA) is 0 Å². The summed E-state index contributed by atoms with van der Waals surface area (Å²) in [6.07, 6.45) is 2.45. The standard InChI is InChI=1S/C10H10BrF/c11-6-9-8(7-4-5-7)2-1-3-10(9)12/h1-3,7H,4-6H2. The first-order valence-electron chi connectivity index (χ1n) is 4.16. The molecule has 0 amide bonds. The Hall–Kier alpha value is -0.370. The SMILES string of the molecule is Fc1cccc(C2CC2)c1CBr. The largest absolute Gasteiger partial charge is 0.207 e. The van der Waals surface area contributed by atoms with E-state index in [-0.39, 0.29) is 5.82 Å². The average molecular weight is 229 g/mol. The van der Waals surface area contributed by atoms with Crippen molar-refractivity contribution in [2.75, 3.05) is 0 Å². The van der Waals surface area contributed by atoms with E-state index in [9.17, 15) is 4.39 Å². The molecule has 0 atom stereocenters. The first-order valence-corrected chi connectivity index (χ1v) is 5.28. The Morgan fingerprint density at radius 2 is 2.17 bits per heavy atom. The zero-order chi connectivity index (χ0) is 8.55. The maximum atomic E-state index is 13.2. The van der Waals surface area contributed by atoms with Crippen LogP contribution in [-0.4, -0.2) is 0 Å². The van der Waals surface area contributed by atoms with Gasteiger partial charge in [-0.05, 0) is 30.4 Å². The summed E-state index contributed by atoms with van der Waals surface area (Å²) in [5.41, 5.74) is 2.05. The molecular formula is C10H10BrF. The van der Waals surface area contributed by atoms with Crippen LogP contribution < -0.4 is 0 Å². The van der Waals surface area contributed by atoms with E-state index in [2.05, 4.69) is 15.9 Å². The number of hydrogen-bond acceptors (Lipinski definition) is 0. The summed E-state index contributed by atoms with van der Waals surface area (Å²) >= 11 is 3.32. The second-order valence-corrected chi connectivity index (χ2v) is 3.78. The number of rotatable bonds is 2. The molecule has 0 radical (unpaired) electrons. The Morgan fingerprint density at radius 3 is 2.75 bits per heavy atom. The molecule has 0 N–H and O–H groups in total. The highest BCUT2D eigenvalue weighted by atomic mass is 79.9. The third-order valence-electron chi connectivity index (χ3n) is 2.31. The molecule has 1 saturated carbocycles. The van der Waals surface area contributed by atoms with E-state index in [0.717, 1.165) is 5.56 Å². The molecule has 1 aliphatic carbocycles. The van der Waals surface area contributed by atoms with E-state index in [1.165, 1.54) is 24.5 Å². The van der Waals surface area contributed by atoms with Crippen LogP contribution in [0, 0.1) is 5.82 Å². The van der Waals surface area contributed by atoms with Gasteiger partial charge in [-0.25, -0.2) is 4.39 Å². The predicted molar refractivity (Wildman–Crippen MR) is 51.0 cm³/mol. The molecule has 0 bridgehead atoms. The molecule has 2 heteroatoms. The molecule has 12 heavy (non-hydrogen) atoms. The van der Waals surface area contributed by atoms with Crippen molar-refractivity contribution in [3.63, 3.8) is 0 Å². The maximum absolute atomic E-state index is 13.2. The summed E-state index contributed by atoms with van der Waals surface area (Å²) in [6.45, 7) is 0. The van der Waals surface area contributed by atoms with Gasteiger partial charge in [-0.15, -0.1) is 0 Å². The van der Waals surface area contributed by atoms with Gasteiger partial charge in [0.25, 0.3) is 0 Å². The summed E-state index contributed by atoms with van der Waals surface area (Å²) in [5, 5.41) is 0.630. The Bertz CT molecular complexity index is 292. The van der Waals surface area contributed by atoms with Gasteiger partial charge in [-0.1, -0.05) is 28.1 Å². The zero-order valence-electron chi connectivity index (χ0n) is 6.69. The molecule has 1 fully saturated rings. The number of hydrogen-bond donors (Lipinski definition) is 0. The molecule has 64 valence electrons. The fourth-order valence-electron chi connectivity index (χ4n) is 1.49. The molecule has 1 aromatic rings. The van der Waals surface area contributed by atoms with Gasteiger partial charge < -0.3 is 0 Å². The van der Waals surface area contributed by atoms with Crippen LogP contribution in [0.25, 0.3) is 0 Å². The monoisotopic (exact) mass is 228 g/mol. The van der Waals surface area contributed by atoms with Crippen molar-refractivity contribution in [2.45, 2.75) is 24.1 Å². The van der Waals surface area contributed by atoms with Gasteiger partial charge in [0.05, 0.1) is 0 Å². The fraction of sp³-hybridized carbons (Fsp3) is 0.400. The minimum Gasteiger partial charge on any atom is -0.207 e. The number of benzene rings is 1. The molecule has 0 aliphatic heterocycles. The smallest absolute Gasteiger partial charge is 0.127 e. The van der Waals surface area contributed by atoms with Gasteiger partial charge in [0, 0.05) is 10.9 Å². The normalized spacial score (nSPS) is 16.5. The lowest BCUT2D eigenvalue weighted by Gasteiger charge is -2.05. The van der Waals surface area contributed by atoms with Crippen molar-refractivity contribution in [3.05, 3.63) is 35.1 Å². The molecule has 0 unspecified atom stereocenters. The van der Waals surface area contributed by atoms with E-state index < -0.39 is 0 Å². The van der Waals surface area contributed by atoms with E-state index in [1.807, 2.05) is 6.07 Å². The lowest BCUT2D eigenvalue weighted by molar-refractivity contribution is 0.614. The number of halogens is 2. The summed E-state index contributed by atoms with van der Waals surface area (Å²) in [7, 11) is 0. The highest BCUT2D eigenvalue weighted by Crippen LogP contribution is 2.42. The van der Waals surface area contributed by atoms with Crippen molar-refractivity contribution < 1.29 is 4.39 Å². The minimum atomic E-state index is -0.0729. The third kappa shape index (κ3) is 1.40. The summed E-state index contributed by atoms with van der Waals surface area (Å²) in [6, 6.07) is 5.37. The second-order valence-electron chi connectivity index (χ2n) is 3.22. The van der Waals surface area contributed by atoms with Crippen LogP contribution in [-0.2, 0) is 5.33 Å². The highest BCUT2D eigenvalue weighted by molar-refractivity contribution is 9.08. The van der Waals surface area contributed by atoms with E-state index in [0.29, 0.717) is 11.2 Å². The van der Waals surface area contributed by atoms with Crippen LogP contribution >= 0.6 is 15.9 Å². The van der Waals surface area contributed by atoms with Gasteiger partial charge in [-0.2, -0.15) is 0 Å². The molecule has 2 rings (SSSR count). The van der Waals surface area contributed by atoms with E-state index in [1.54, 1.807) is 6.07 Å². The maximum Gasteiger partial charge on any atom is 0.127 e. The fourth-order valence-corrected chi connectivity index (χ4v) is 2.08. The van der Waals surface area contributed by atoms with Gasteiger partial charge in [0.2, 0.25) is 0 Å². The molecule has 0 spiro atoms. The van der Waals surface area contributed by atoms with Crippen molar-refractivity contribution in [1.29, 1.82) is 0 Å². The molecule has 1 aliphatic rings. The Labute approximate surface area is 79.9 Å². The number of alkyl halides is 1. The van der Waals surface area contributed by atoms with E-state index in [4.69, 9.17) is 0 Å². The van der Waals surface area contributed by atoms with Gasteiger partial charge in [-0.3, -0.25) is 0 Å². The molecule has 1 aromatic carbocycles. The molecule has 0 saturated heterocycles. The first kappa shape index (κ1) is 8.24.